The lowest BCUT2D eigenvalue weighted by Crippen LogP contribution is -2.41. The molecule has 2 aromatic carbocycles. The van der Waals surface area contributed by atoms with Gasteiger partial charge in [0.25, 0.3) is 0 Å². The molecule has 4 nitrogen and oxygen atoms in total. The second kappa shape index (κ2) is 8.91. The topological polar surface area (TPSA) is 54.9 Å². The number of halogens is 1. The zero-order valence-corrected chi connectivity index (χ0v) is 17.2. The minimum absolute atomic E-state index is 0.0437. The number of carbonyl (C=O) groups excluding carboxylic acids is 1. The fourth-order valence-electron chi connectivity index (χ4n) is 3.92. The number of carbonyl (C=O) groups is 1. The number of aromatic nitrogens is 2. The molecule has 0 saturated heterocycles. The first-order valence-corrected chi connectivity index (χ1v) is 11.0. The molecule has 1 fully saturated rings. The third-order valence-corrected chi connectivity index (χ3v) is 6.55. The molecule has 6 heteroatoms. The number of rotatable bonds is 5. The third-order valence-electron chi connectivity index (χ3n) is 5.57. The molecule has 1 N–H and O–H groups in total. The van der Waals surface area contributed by atoms with Crippen molar-refractivity contribution in [2.45, 2.75) is 43.7 Å². The molecule has 1 saturated carbocycles. The number of amides is 1. The first-order chi connectivity index (χ1) is 14.1. The highest BCUT2D eigenvalue weighted by Crippen LogP contribution is 2.32. The van der Waals surface area contributed by atoms with E-state index in [9.17, 15) is 9.18 Å². The normalized spacial score (nSPS) is 19.2. The summed E-state index contributed by atoms with van der Waals surface area (Å²) >= 11 is 1.41. The van der Waals surface area contributed by atoms with Crippen LogP contribution in [-0.2, 0) is 4.79 Å². The number of nitrogens with one attached hydrogen (secondary N) is 1. The van der Waals surface area contributed by atoms with Crippen LogP contribution in [0.1, 0.15) is 32.6 Å². The van der Waals surface area contributed by atoms with E-state index in [-0.39, 0.29) is 17.8 Å². The highest BCUT2D eigenvalue weighted by Gasteiger charge is 2.23. The van der Waals surface area contributed by atoms with Crippen LogP contribution in [0.3, 0.4) is 0 Å². The number of benzene rings is 2. The van der Waals surface area contributed by atoms with Gasteiger partial charge in [-0.25, -0.2) is 4.39 Å². The molecular formula is C23H24FN3OS. The molecule has 0 radical (unpaired) electrons. The van der Waals surface area contributed by atoms with Crippen LogP contribution >= 0.6 is 11.8 Å². The van der Waals surface area contributed by atoms with Crippen molar-refractivity contribution >= 4 is 28.4 Å². The Labute approximate surface area is 174 Å². The zero-order valence-electron chi connectivity index (χ0n) is 16.4. The molecular weight excluding hydrogens is 385 g/mol. The van der Waals surface area contributed by atoms with Crippen LogP contribution < -0.4 is 5.32 Å². The average Bonchev–Trinajstić information content (AvgIpc) is 2.74. The number of hydrogen-bond donors (Lipinski definition) is 1. The van der Waals surface area contributed by atoms with Crippen molar-refractivity contribution in [3.8, 4) is 11.3 Å². The van der Waals surface area contributed by atoms with Crippen LogP contribution in [-0.4, -0.2) is 27.9 Å². The number of fused-ring (bicyclic) bond motifs is 1. The summed E-state index contributed by atoms with van der Waals surface area (Å²) in [5.74, 6) is 0.615. The molecule has 2 atom stereocenters. The molecule has 150 valence electrons. The van der Waals surface area contributed by atoms with Gasteiger partial charge in [0.15, 0.2) is 0 Å². The summed E-state index contributed by atoms with van der Waals surface area (Å²) in [5.41, 5.74) is 1.53. The van der Waals surface area contributed by atoms with Crippen molar-refractivity contribution in [3.05, 3.63) is 54.3 Å². The van der Waals surface area contributed by atoms with Gasteiger partial charge in [-0.3, -0.25) is 4.79 Å². The Hall–Kier alpha value is -2.47. The standard InChI is InChI=1S/C23H24FN3OS/c1-15-6-2-5-9-20(15)25-21(28)14-29-23-19-8-4-3-7-18(19)22(26-27-23)16-10-12-17(24)13-11-16/h3-4,7-8,10-13,15,20H,2,5-6,9,14H2,1H3,(H,25,28)/t15-,20+/m1/s1. The summed E-state index contributed by atoms with van der Waals surface area (Å²) in [5, 5.41) is 14.6. The monoisotopic (exact) mass is 409 g/mol. The quantitative estimate of drug-likeness (QED) is 0.587. The van der Waals surface area contributed by atoms with Crippen molar-refractivity contribution in [3.63, 3.8) is 0 Å². The smallest absolute Gasteiger partial charge is 0.230 e. The van der Waals surface area contributed by atoms with Crippen molar-refractivity contribution in [2.24, 2.45) is 5.92 Å². The fourth-order valence-corrected chi connectivity index (χ4v) is 4.70. The van der Waals surface area contributed by atoms with Crippen molar-refractivity contribution in [1.29, 1.82) is 0 Å². The first-order valence-electron chi connectivity index (χ1n) is 10.1. The van der Waals surface area contributed by atoms with Crippen LogP contribution in [0.5, 0.6) is 0 Å². The molecule has 4 rings (SSSR count). The van der Waals surface area contributed by atoms with E-state index in [0.717, 1.165) is 27.8 Å². The maximum Gasteiger partial charge on any atom is 0.230 e. The summed E-state index contributed by atoms with van der Waals surface area (Å²) in [6.07, 6.45) is 4.68. The minimum atomic E-state index is -0.281. The van der Waals surface area contributed by atoms with E-state index in [4.69, 9.17) is 0 Å². The lowest BCUT2D eigenvalue weighted by atomic mass is 9.86. The van der Waals surface area contributed by atoms with Gasteiger partial charge in [-0.15, -0.1) is 10.2 Å². The number of nitrogens with zero attached hydrogens (tertiary/aromatic N) is 2. The molecule has 1 aromatic heterocycles. The van der Waals surface area contributed by atoms with Gasteiger partial charge in [0.1, 0.15) is 16.5 Å². The zero-order chi connectivity index (χ0) is 20.2. The fraction of sp³-hybridized carbons (Fsp3) is 0.348. The number of thioether (sulfide) groups is 1. The molecule has 1 amide bonds. The van der Waals surface area contributed by atoms with Gasteiger partial charge in [-0.05, 0) is 43.0 Å². The maximum atomic E-state index is 13.3. The Morgan fingerprint density at radius 3 is 2.55 bits per heavy atom. The summed E-state index contributed by atoms with van der Waals surface area (Å²) < 4.78 is 13.3. The molecule has 1 heterocycles. The third kappa shape index (κ3) is 4.58. The van der Waals surface area contributed by atoms with Crippen molar-refractivity contribution < 1.29 is 9.18 Å². The van der Waals surface area contributed by atoms with Gasteiger partial charge in [0.05, 0.1) is 5.75 Å². The largest absolute Gasteiger partial charge is 0.352 e. The SMILES string of the molecule is C[C@@H]1CCCC[C@@H]1NC(=O)CSc1nnc(-c2ccc(F)cc2)c2ccccc12. The molecule has 29 heavy (non-hydrogen) atoms. The summed E-state index contributed by atoms with van der Waals surface area (Å²) in [6, 6.07) is 14.4. The second-order valence-electron chi connectivity index (χ2n) is 7.63. The van der Waals surface area contributed by atoms with Crippen LogP contribution in [0, 0.1) is 11.7 Å². The van der Waals surface area contributed by atoms with E-state index in [1.54, 1.807) is 12.1 Å². The molecule has 1 aliphatic carbocycles. The van der Waals surface area contributed by atoms with Gasteiger partial charge in [-0.2, -0.15) is 0 Å². The van der Waals surface area contributed by atoms with Gasteiger partial charge in [0, 0.05) is 22.4 Å². The second-order valence-corrected chi connectivity index (χ2v) is 8.59. The predicted molar refractivity (Wildman–Crippen MR) is 115 cm³/mol. The van der Waals surface area contributed by atoms with E-state index in [1.165, 1.54) is 43.2 Å². The Morgan fingerprint density at radius 2 is 1.79 bits per heavy atom. The van der Waals surface area contributed by atoms with Gasteiger partial charge < -0.3 is 5.32 Å². The molecule has 3 aromatic rings. The van der Waals surface area contributed by atoms with Crippen LogP contribution in [0.15, 0.2) is 53.6 Å². The lowest BCUT2D eigenvalue weighted by molar-refractivity contribution is -0.119. The first kappa shape index (κ1) is 19.8. The lowest BCUT2D eigenvalue weighted by Gasteiger charge is -2.29. The Bertz CT molecular complexity index is 1010. The van der Waals surface area contributed by atoms with Crippen molar-refractivity contribution in [2.75, 3.05) is 5.75 Å². The molecule has 0 spiro atoms. The van der Waals surface area contributed by atoms with Gasteiger partial charge in [0.2, 0.25) is 5.91 Å². The van der Waals surface area contributed by atoms with E-state index in [1.807, 2.05) is 24.3 Å². The van der Waals surface area contributed by atoms with Crippen LogP contribution in [0.25, 0.3) is 22.0 Å². The molecule has 0 aliphatic heterocycles. The Kier molecular flexibility index (Phi) is 6.09. The molecule has 0 unspecified atom stereocenters. The molecule has 0 bridgehead atoms. The highest BCUT2D eigenvalue weighted by atomic mass is 32.2. The van der Waals surface area contributed by atoms with E-state index in [0.29, 0.717) is 17.4 Å². The van der Waals surface area contributed by atoms with Crippen molar-refractivity contribution in [1.82, 2.24) is 15.5 Å². The minimum Gasteiger partial charge on any atom is -0.352 e. The highest BCUT2D eigenvalue weighted by molar-refractivity contribution is 8.00. The van der Waals surface area contributed by atoms with E-state index in [2.05, 4.69) is 22.4 Å². The van der Waals surface area contributed by atoms with E-state index < -0.39 is 0 Å². The maximum absolute atomic E-state index is 13.3. The summed E-state index contributed by atoms with van der Waals surface area (Å²) in [7, 11) is 0. The van der Waals surface area contributed by atoms with Crippen LogP contribution in [0.2, 0.25) is 0 Å². The predicted octanol–water partition coefficient (Wildman–Crippen LogP) is 5.22. The van der Waals surface area contributed by atoms with Gasteiger partial charge in [-0.1, -0.05) is 55.8 Å². The Balaban J connectivity index is 1.52. The van der Waals surface area contributed by atoms with E-state index >= 15 is 0 Å². The molecule has 1 aliphatic rings. The van der Waals surface area contributed by atoms with Crippen LogP contribution in [0.4, 0.5) is 4.39 Å². The number of hydrogen-bond acceptors (Lipinski definition) is 4. The summed E-state index contributed by atoms with van der Waals surface area (Å²) in [6.45, 7) is 2.21. The Morgan fingerprint density at radius 1 is 1.07 bits per heavy atom. The average molecular weight is 410 g/mol. The van der Waals surface area contributed by atoms with Gasteiger partial charge >= 0.3 is 0 Å². The summed E-state index contributed by atoms with van der Waals surface area (Å²) in [4.78, 5) is 12.5.